The Hall–Kier alpha value is -0.960. The second kappa shape index (κ2) is 5.70. The first kappa shape index (κ1) is 11.1. The number of aromatic nitrogens is 1. The Kier molecular flexibility index (Phi) is 4.53. The summed E-state index contributed by atoms with van der Waals surface area (Å²) in [6.45, 7) is 2.04. The molecule has 14 heavy (non-hydrogen) atoms. The molecule has 0 fully saturated rings. The lowest BCUT2D eigenvalue weighted by atomic mass is 10.4. The Morgan fingerprint density at radius 3 is 2.57 bits per heavy atom. The van der Waals surface area contributed by atoms with Crippen molar-refractivity contribution in [2.24, 2.45) is 0 Å². The number of rotatable bonds is 3. The first-order chi connectivity index (χ1) is 6.79. The molecule has 1 aromatic rings. The number of nitrogens with zero attached hydrogens (tertiary/aromatic N) is 1. The lowest BCUT2D eigenvalue weighted by molar-refractivity contribution is -0.574. The lowest BCUT2D eigenvalue weighted by Gasteiger charge is -1.97. The van der Waals surface area contributed by atoms with Crippen LogP contribution in [-0.4, -0.2) is 15.8 Å². The molecule has 1 rings (SSSR count). The lowest BCUT2D eigenvalue weighted by Crippen LogP contribution is -2.34. The number of thioether (sulfide) groups is 1. The molecular weight excluding hydrogens is 212 g/mol. The number of hydrogen-bond donors (Lipinski definition) is 1. The van der Waals surface area contributed by atoms with E-state index in [1.165, 1.54) is 0 Å². The molecule has 0 aromatic carbocycles. The Balaban J connectivity index is 2.96. The van der Waals surface area contributed by atoms with Crippen LogP contribution in [0.4, 0.5) is 0 Å². The molecule has 0 aliphatic carbocycles. The fourth-order valence-corrected chi connectivity index (χ4v) is 2.03. The zero-order valence-corrected chi connectivity index (χ0v) is 9.49. The van der Waals surface area contributed by atoms with E-state index in [9.17, 15) is 0 Å². The summed E-state index contributed by atoms with van der Waals surface area (Å²) in [5, 5.41) is 7.20. The molecule has 0 atom stereocenters. The van der Waals surface area contributed by atoms with Crippen molar-refractivity contribution < 1.29 is 4.57 Å². The second-order valence-corrected chi connectivity index (χ2v) is 4.42. The van der Waals surface area contributed by atoms with Crippen molar-refractivity contribution in [3.63, 3.8) is 0 Å². The topological polar surface area (TPSA) is 27.7 Å². The third-order valence-electron chi connectivity index (χ3n) is 1.56. The minimum atomic E-state index is 0.632. The van der Waals surface area contributed by atoms with Crippen LogP contribution in [0.3, 0.4) is 0 Å². The molecule has 0 unspecified atom stereocenters. The molecule has 4 heteroatoms. The predicted octanol–water partition coefficient (Wildman–Crippen LogP) is 2.14. The predicted molar refractivity (Wildman–Crippen MR) is 64.8 cm³/mol. The van der Waals surface area contributed by atoms with Crippen LogP contribution >= 0.6 is 24.0 Å². The van der Waals surface area contributed by atoms with Crippen molar-refractivity contribution in [3.8, 4) is 0 Å². The van der Waals surface area contributed by atoms with Crippen LogP contribution in [-0.2, 0) is 0 Å². The van der Waals surface area contributed by atoms with Crippen LogP contribution < -0.4 is 4.57 Å². The van der Waals surface area contributed by atoms with Crippen LogP contribution in [0.5, 0.6) is 0 Å². The third-order valence-corrected chi connectivity index (χ3v) is 2.85. The fourth-order valence-electron chi connectivity index (χ4n) is 0.968. The third kappa shape index (κ3) is 2.77. The number of hydrogen-bond acceptors (Lipinski definition) is 3. The van der Waals surface area contributed by atoms with Gasteiger partial charge < -0.3 is 0 Å². The highest BCUT2D eigenvalue weighted by atomic mass is 32.2. The molecule has 1 N–H and O–H groups in total. The molecule has 0 saturated heterocycles. The largest absolute Gasteiger partial charge is 0.297 e. The zero-order chi connectivity index (χ0) is 10.4. The van der Waals surface area contributed by atoms with Crippen LogP contribution in [0.25, 0.3) is 5.70 Å². The van der Waals surface area contributed by atoms with E-state index in [4.69, 9.17) is 17.6 Å². The van der Waals surface area contributed by atoms with E-state index in [0.717, 1.165) is 5.75 Å². The van der Waals surface area contributed by atoms with Gasteiger partial charge >= 0.3 is 0 Å². The highest BCUT2D eigenvalue weighted by Gasteiger charge is 2.14. The Labute approximate surface area is 93.2 Å². The van der Waals surface area contributed by atoms with E-state index < -0.39 is 0 Å². The van der Waals surface area contributed by atoms with Gasteiger partial charge in [-0.25, -0.2) is 0 Å². The van der Waals surface area contributed by atoms with Crippen LogP contribution in [0.1, 0.15) is 6.92 Å². The molecule has 1 aromatic heterocycles. The summed E-state index contributed by atoms with van der Waals surface area (Å²) >= 11 is 6.73. The van der Waals surface area contributed by atoms with E-state index in [1.807, 2.05) is 37.5 Å². The van der Waals surface area contributed by atoms with Gasteiger partial charge in [-0.3, -0.25) is 5.41 Å². The standard InChI is InChI=1S/C10H11N2S2/c1-2-14-10(13)9(8-11)12-6-4-3-5-7-12/h3-7,11H,2H2,1H3/q+1. The molecule has 72 valence electrons. The average molecular weight is 223 g/mol. The smallest absolute Gasteiger partial charge is 0.253 e. The molecular formula is C10H11N2S2+. The van der Waals surface area contributed by atoms with Crippen molar-refractivity contribution >= 4 is 39.7 Å². The number of pyridine rings is 1. The van der Waals surface area contributed by atoms with Crippen LogP contribution in [0, 0.1) is 5.41 Å². The van der Waals surface area contributed by atoms with Crippen LogP contribution in [0.15, 0.2) is 30.6 Å². The molecule has 0 aliphatic rings. The van der Waals surface area contributed by atoms with E-state index in [2.05, 4.69) is 5.87 Å². The first-order valence-corrected chi connectivity index (χ1v) is 5.62. The fraction of sp³-hybridized carbons (Fsp3) is 0.200. The minimum Gasteiger partial charge on any atom is -0.253 e. The Bertz CT molecular complexity index is 367. The maximum absolute atomic E-state index is 7.20. The van der Waals surface area contributed by atoms with Gasteiger partial charge in [-0.1, -0.05) is 25.2 Å². The van der Waals surface area contributed by atoms with Crippen molar-refractivity contribution in [2.45, 2.75) is 6.92 Å². The molecule has 0 aliphatic heterocycles. The first-order valence-electron chi connectivity index (χ1n) is 4.23. The van der Waals surface area contributed by atoms with E-state index in [0.29, 0.717) is 9.89 Å². The molecule has 0 amide bonds. The molecule has 0 spiro atoms. The van der Waals surface area contributed by atoms with E-state index in [1.54, 1.807) is 16.3 Å². The Morgan fingerprint density at radius 2 is 2.07 bits per heavy atom. The maximum Gasteiger partial charge on any atom is 0.297 e. The van der Waals surface area contributed by atoms with Gasteiger partial charge in [-0.15, -0.1) is 11.8 Å². The van der Waals surface area contributed by atoms with Gasteiger partial charge in [0.2, 0.25) is 0 Å². The normalized spacial score (nSPS) is 9.21. The quantitative estimate of drug-likeness (QED) is 0.368. The zero-order valence-electron chi connectivity index (χ0n) is 7.86. The van der Waals surface area contributed by atoms with Crippen molar-refractivity contribution in [1.29, 1.82) is 5.41 Å². The molecule has 0 saturated carbocycles. The van der Waals surface area contributed by atoms with Crippen molar-refractivity contribution in [2.75, 3.05) is 5.75 Å². The molecule has 2 nitrogen and oxygen atoms in total. The summed E-state index contributed by atoms with van der Waals surface area (Å²) in [5.74, 6) is 3.28. The summed E-state index contributed by atoms with van der Waals surface area (Å²) in [7, 11) is 0. The highest BCUT2D eigenvalue weighted by molar-refractivity contribution is 8.24. The summed E-state index contributed by atoms with van der Waals surface area (Å²) in [4.78, 5) is 0. The van der Waals surface area contributed by atoms with Crippen molar-refractivity contribution in [1.82, 2.24) is 0 Å². The molecule has 0 bridgehead atoms. The number of nitrogens with one attached hydrogen (secondary N) is 1. The summed E-state index contributed by atoms with van der Waals surface area (Å²) in [6, 6.07) is 5.72. The summed E-state index contributed by atoms with van der Waals surface area (Å²) in [6.07, 6.45) is 3.72. The monoisotopic (exact) mass is 223 g/mol. The average Bonchev–Trinajstić information content (AvgIpc) is 2.21. The van der Waals surface area contributed by atoms with Gasteiger partial charge in [0.15, 0.2) is 16.6 Å². The minimum absolute atomic E-state index is 0.632. The Morgan fingerprint density at radius 1 is 1.43 bits per heavy atom. The summed E-state index contributed by atoms with van der Waals surface area (Å²) in [5.41, 5.74) is 0.632. The van der Waals surface area contributed by atoms with Crippen LogP contribution in [0.2, 0.25) is 0 Å². The van der Waals surface area contributed by atoms with Gasteiger partial charge in [-0.05, 0) is 5.75 Å². The summed E-state index contributed by atoms with van der Waals surface area (Å²) < 4.78 is 2.51. The maximum atomic E-state index is 7.20. The second-order valence-electron chi connectivity index (χ2n) is 2.48. The van der Waals surface area contributed by atoms with Gasteiger partial charge in [0.25, 0.3) is 5.70 Å². The molecule has 1 heterocycles. The van der Waals surface area contributed by atoms with Gasteiger partial charge in [-0.2, -0.15) is 4.57 Å². The van der Waals surface area contributed by atoms with Gasteiger partial charge in [0.1, 0.15) is 0 Å². The van der Waals surface area contributed by atoms with Gasteiger partial charge in [0, 0.05) is 12.1 Å². The highest BCUT2D eigenvalue weighted by Crippen LogP contribution is 2.09. The van der Waals surface area contributed by atoms with Crippen molar-refractivity contribution in [3.05, 3.63) is 30.6 Å². The SMILES string of the molecule is CCSC(=S)C(=C=N)[n+]1ccccc1. The molecule has 0 radical (unpaired) electrons. The van der Waals surface area contributed by atoms with E-state index >= 15 is 0 Å². The van der Waals surface area contributed by atoms with E-state index in [-0.39, 0.29) is 0 Å². The number of thiocarbonyl (C=S) groups is 1. The van der Waals surface area contributed by atoms with Gasteiger partial charge in [0.05, 0.1) is 5.87 Å².